The molecule has 0 saturated carbocycles. The molecule has 0 fully saturated rings. The first-order chi connectivity index (χ1) is 8.78. The molecular formula is C14H18N4. The van der Waals surface area contributed by atoms with Crippen molar-refractivity contribution in [1.29, 1.82) is 0 Å². The number of nitrogens with two attached hydrogens (primary N) is 1. The van der Waals surface area contributed by atoms with Gasteiger partial charge in [-0.05, 0) is 36.6 Å². The van der Waals surface area contributed by atoms with E-state index in [1.165, 1.54) is 11.1 Å². The Morgan fingerprint density at radius 3 is 2.28 bits per heavy atom. The Labute approximate surface area is 107 Å². The zero-order valence-electron chi connectivity index (χ0n) is 10.6. The highest BCUT2D eigenvalue weighted by Crippen LogP contribution is 2.07. The SMILES string of the molecule is Cc1cnc(NCc2ccc(CCN)cc2)nc1. The Hall–Kier alpha value is -1.94. The topological polar surface area (TPSA) is 63.8 Å². The van der Waals surface area contributed by atoms with Crippen molar-refractivity contribution in [2.24, 2.45) is 5.73 Å². The highest BCUT2D eigenvalue weighted by Gasteiger charge is 1.97. The van der Waals surface area contributed by atoms with Gasteiger partial charge in [0.1, 0.15) is 0 Å². The number of benzene rings is 1. The van der Waals surface area contributed by atoms with E-state index >= 15 is 0 Å². The van der Waals surface area contributed by atoms with Crippen molar-refractivity contribution in [1.82, 2.24) is 9.97 Å². The normalized spacial score (nSPS) is 10.3. The molecule has 3 N–H and O–H groups in total. The van der Waals surface area contributed by atoms with Gasteiger partial charge in [0.2, 0.25) is 5.95 Å². The lowest BCUT2D eigenvalue weighted by molar-refractivity contribution is 0.965. The number of rotatable bonds is 5. The fourth-order valence-corrected chi connectivity index (χ4v) is 1.66. The summed E-state index contributed by atoms with van der Waals surface area (Å²) in [5, 5.41) is 3.19. The molecule has 0 bridgehead atoms. The van der Waals surface area contributed by atoms with Crippen LogP contribution in [0.3, 0.4) is 0 Å². The second kappa shape index (κ2) is 6.12. The van der Waals surface area contributed by atoms with Gasteiger partial charge < -0.3 is 11.1 Å². The molecule has 2 rings (SSSR count). The quantitative estimate of drug-likeness (QED) is 0.840. The zero-order chi connectivity index (χ0) is 12.8. The predicted molar refractivity (Wildman–Crippen MR) is 73.3 cm³/mol. The molecule has 0 amide bonds. The number of nitrogens with one attached hydrogen (secondary N) is 1. The number of aryl methyl sites for hydroxylation is 1. The minimum absolute atomic E-state index is 0.659. The molecule has 4 nitrogen and oxygen atoms in total. The predicted octanol–water partition coefficient (Wildman–Crippen LogP) is 1.90. The molecule has 1 heterocycles. The Balaban J connectivity index is 1.91. The molecule has 0 saturated heterocycles. The van der Waals surface area contributed by atoms with E-state index in [0.29, 0.717) is 12.5 Å². The monoisotopic (exact) mass is 242 g/mol. The fourth-order valence-electron chi connectivity index (χ4n) is 1.66. The molecule has 18 heavy (non-hydrogen) atoms. The van der Waals surface area contributed by atoms with Gasteiger partial charge in [-0.3, -0.25) is 0 Å². The lowest BCUT2D eigenvalue weighted by Crippen LogP contribution is -2.05. The highest BCUT2D eigenvalue weighted by atomic mass is 15.1. The number of anilines is 1. The average molecular weight is 242 g/mol. The standard InChI is InChI=1S/C14H18N4/c1-11-8-16-14(17-9-11)18-10-13-4-2-12(3-5-13)6-7-15/h2-5,8-9H,6-7,10,15H2,1H3,(H,16,17,18). The lowest BCUT2D eigenvalue weighted by Gasteiger charge is -2.06. The Kier molecular flexibility index (Phi) is 4.25. The third kappa shape index (κ3) is 3.53. The minimum atomic E-state index is 0.659. The van der Waals surface area contributed by atoms with Gasteiger partial charge in [-0.25, -0.2) is 9.97 Å². The zero-order valence-corrected chi connectivity index (χ0v) is 10.6. The van der Waals surface area contributed by atoms with Gasteiger partial charge in [0.25, 0.3) is 0 Å². The third-order valence-electron chi connectivity index (χ3n) is 2.69. The average Bonchev–Trinajstić information content (AvgIpc) is 2.40. The van der Waals surface area contributed by atoms with Crippen molar-refractivity contribution in [2.75, 3.05) is 11.9 Å². The van der Waals surface area contributed by atoms with Crippen LogP contribution < -0.4 is 11.1 Å². The van der Waals surface area contributed by atoms with Gasteiger partial charge in [-0.2, -0.15) is 0 Å². The van der Waals surface area contributed by atoms with Crippen LogP contribution in [0.5, 0.6) is 0 Å². The van der Waals surface area contributed by atoms with Crippen molar-refractivity contribution in [2.45, 2.75) is 19.9 Å². The summed E-state index contributed by atoms with van der Waals surface area (Å²) in [4.78, 5) is 8.40. The molecule has 1 aromatic heterocycles. The summed E-state index contributed by atoms with van der Waals surface area (Å²) in [6, 6.07) is 8.43. The van der Waals surface area contributed by atoms with E-state index in [-0.39, 0.29) is 0 Å². The van der Waals surface area contributed by atoms with Gasteiger partial charge in [-0.15, -0.1) is 0 Å². The van der Waals surface area contributed by atoms with Crippen LogP contribution in [0.15, 0.2) is 36.7 Å². The van der Waals surface area contributed by atoms with Crippen LogP contribution in [-0.4, -0.2) is 16.5 Å². The molecule has 1 aromatic carbocycles. The van der Waals surface area contributed by atoms with E-state index in [2.05, 4.69) is 39.6 Å². The second-order valence-electron chi connectivity index (χ2n) is 4.29. The summed E-state index contributed by atoms with van der Waals surface area (Å²) in [5.74, 6) is 0.659. The molecule has 4 heteroatoms. The molecule has 0 radical (unpaired) electrons. The van der Waals surface area contributed by atoms with Gasteiger partial charge in [0.05, 0.1) is 0 Å². The second-order valence-corrected chi connectivity index (χ2v) is 4.29. The molecule has 0 unspecified atom stereocenters. The largest absolute Gasteiger partial charge is 0.350 e. The maximum absolute atomic E-state index is 5.52. The maximum atomic E-state index is 5.52. The molecule has 0 aliphatic heterocycles. The van der Waals surface area contributed by atoms with Crippen molar-refractivity contribution in [3.8, 4) is 0 Å². The summed E-state index contributed by atoms with van der Waals surface area (Å²) in [6.07, 6.45) is 4.54. The van der Waals surface area contributed by atoms with Crippen LogP contribution in [0.1, 0.15) is 16.7 Å². The van der Waals surface area contributed by atoms with Gasteiger partial charge in [0.15, 0.2) is 0 Å². The molecule has 0 aliphatic carbocycles. The number of aromatic nitrogens is 2. The molecule has 2 aromatic rings. The lowest BCUT2D eigenvalue weighted by atomic mass is 10.1. The summed E-state index contributed by atoms with van der Waals surface area (Å²) >= 11 is 0. The van der Waals surface area contributed by atoms with Crippen LogP contribution >= 0.6 is 0 Å². The first kappa shape index (κ1) is 12.5. The smallest absolute Gasteiger partial charge is 0.222 e. The van der Waals surface area contributed by atoms with Crippen molar-refractivity contribution >= 4 is 5.95 Å². The minimum Gasteiger partial charge on any atom is -0.350 e. The van der Waals surface area contributed by atoms with Crippen LogP contribution in [0.25, 0.3) is 0 Å². The van der Waals surface area contributed by atoms with Crippen molar-refractivity contribution in [3.05, 3.63) is 53.3 Å². The van der Waals surface area contributed by atoms with E-state index < -0.39 is 0 Å². The maximum Gasteiger partial charge on any atom is 0.222 e. The Morgan fingerprint density at radius 1 is 1.06 bits per heavy atom. The molecule has 0 aliphatic rings. The van der Waals surface area contributed by atoms with E-state index in [9.17, 15) is 0 Å². The fraction of sp³-hybridized carbons (Fsp3) is 0.286. The van der Waals surface area contributed by atoms with Crippen molar-refractivity contribution < 1.29 is 0 Å². The van der Waals surface area contributed by atoms with E-state index in [4.69, 9.17) is 5.73 Å². The summed E-state index contributed by atoms with van der Waals surface area (Å²) in [5.41, 5.74) is 9.06. The Morgan fingerprint density at radius 2 is 1.67 bits per heavy atom. The van der Waals surface area contributed by atoms with Crippen molar-refractivity contribution in [3.63, 3.8) is 0 Å². The molecule has 0 atom stereocenters. The van der Waals surface area contributed by atoms with Crippen LogP contribution in [0, 0.1) is 6.92 Å². The van der Waals surface area contributed by atoms with Gasteiger partial charge in [-0.1, -0.05) is 24.3 Å². The van der Waals surface area contributed by atoms with E-state index in [1.54, 1.807) is 12.4 Å². The first-order valence-electron chi connectivity index (χ1n) is 6.08. The van der Waals surface area contributed by atoms with Crippen LogP contribution in [0.2, 0.25) is 0 Å². The van der Waals surface area contributed by atoms with Gasteiger partial charge >= 0.3 is 0 Å². The highest BCUT2D eigenvalue weighted by molar-refractivity contribution is 5.29. The molecule has 0 spiro atoms. The molecule has 94 valence electrons. The van der Waals surface area contributed by atoms with Gasteiger partial charge in [0, 0.05) is 18.9 Å². The number of nitrogens with zero attached hydrogens (tertiary/aromatic N) is 2. The van der Waals surface area contributed by atoms with E-state index in [0.717, 1.165) is 18.5 Å². The molecular weight excluding hydrogens is 224 g/mol. The van der Waals surface area contributed by atoms with Crippen LogP contribution in [0.4, 0.5) is 5.95 Å². The Bertz CT molecular complexity index is 476. The third-order valence-corrected chi connectivity index (χ3v) is 2.69. The van der Waals surface area contributed by atoms with E-state index in [1.807, 2.05) is 6.92 Å². The first-order valence-corrected chi connectivity index (χ1v) is 6.08. The summed E-state index contributed by atoms with van der Waals surface area (Å²) in [7, 11) is 0. The summed E-state index contributed by atoms with van der Waals surface area (Å²) < 4.78 is 0. The van der Waals surface area contributed by atoms with Crippen LogP contribution in [-0.2, 0) is 13.0 Å². The summed E-state index contributed by atoms with van der Waals surface area (Å²) in [6.45, 7) is 3.39. The number of hydrogen-bond donors (Lipinski definition) is 2. The number of hydrogen-bond acceptors (Lipinski definition) is 4.